The van der Waals surface area contributed by atoms with Gasteiger partial charge in [-0.15, -0.1) is 0 Å². The lowest BCUT2D eigenvalue weighted by Gasteiger charge is -2.18. The van der Waals surface area contributed by atoms with Crippen molar-refractivity contribution in [1.29, 1.82) is 0 Å². The highest BCUT2D eigenvalue weighted by Crippen LogP contribution is 2.30. The number of halogens is 2. The number of hydrogen-bond acceptors (Lipinski definition) is 2. The number of hydrogen-bond donors (Lipinski definition) is 1. The second kappa shape index (κ2) is 6.01. The Morgan fingerprint density at radius 3 is 2.45 bits per heavy atom. The largest absolute Gasteiger partial charge is 0.494 e. The molecule has 0 amide bonds. The molecular weight excluding hydrogens is 260 g/mol. The fourth-order valence-corrected chi connectivity index (χ4v) is 2.09. The van der Waals surface area contributed by atoms with Crippen LogP contribution in [0.15, 0.2) is 36.4 Å². The molecule has 0 bridgehead atoms. The maximum absolute atomic E-state index is 14.0. The molecule has 2 aromatic carbocycles. The lowest BCUT2D eigenvalue weighted by molar-refractivity contribution is 0.335. The minimum Gasteiger partial charge on any atom is -0.494 e. The standard InChI is InChI=1S/C16H17F2NO/c1-3-20-13-7-5-4-6-11(13)16(19)12-9-8-10(2)14(17)15(12)18/h4-9,16H,3,19H2,1-2H3. The van der Waals surface area contributed by atoms with Crippen LogP contribution in [0.2, 0.25) is 0 Å². The fourth-order valence-electron chi connectivity index (χ4n) is 2.09. The number of ether oxygens (including phenoxy) is 1. The van der Waals surface area contributed by atoms with Crippen LogP contribution in [0.3, 0.4) is 0 Å². The molecule has 1 unspecified atom stereocenters. The molecule has 20 heavy (non-hydrogen) atoms. The Morgan fingerprint density at radius 2 is 1.75 bits per heavy atom. The summed E-state index contributed by atoms with van der Waals surface area (Å²) in [4.78, 5) is 0. The summed E-state index contributed by atoms with van der Waals surface area (Å²) in [6.45, 7) is 3.85. The molecule has 2 rings (SSSR count). The minimum atomic E-state index is -0.899. The third kappa shape index (κ3) is 2.65. The normalized spacial score (nSPS) is 12.2. The SMILES string of the molecule is CCOc1ccccc1C(N)c1ccc(C)c(F)c1F. The molecule has 0 aromatic heterocycles. The summed E-state index contributed by atoms with van der Waals surface area (Å²) >= 11 is 0. The van der Waals surface area contributed by atoms with E-state index in [1.807, 2.05) is 13.0 Å². The van der Waals surface area contributed by atoms with E-state index in [0.29, 0.717) is 17.9 Å². The van der Waals surface area contributed by atoms with Crippen LogP contribution >= 0.6 is 0 Å². The zero-order chi connectivity index (χ0) is 14.7. The van der Waals surface area contributed by atoms with E-state index in [0.717, 1.165) is 0 Å². The highest BCUT2D eigenvalue weighted by Gasteiger charge is 2.20. The first-order valence-corrected chi connectivity index (χ1v) is 6.48. The van der Waals surface area contributed by atoms with Crippen LogP contribution in [-0.4, -0.2) is 6.61 Å². The molecular formula is C16H17F2NO. The van der Waals surface area contributed by atoms with Gasteiger partial charge < -0.3 is 10.5 Å². The van der Waals surface area contributed by atoms with Crippen molar-refractivity contribution in [3.05, 3.63) is 64.7 Å². The smallest absolute Gasteiger partial charge is 0.164 e. The maximum Gasteiger partial charge on any atom is 0.164 e. The average molecular weight is 277 g/mol. The van der Waals surface area contributed by atoms with Crippen LogP contribution in [0, 0.1) is 18.6 Å². The van der Waals surface area contributed by atoms with Crippen molar-refractivity contribution >= 4 is 0 Å². The Labute approximate surface area is 117 Å². The fraction of sp³-hybridized carbons (Fsp3) is 0.250. The quantitative estimate of drug-likeness (QED) is 0.924. The monoisotopic (exact) mass is 277 g/mol. The van der Waals surface area contributed by atoms with Gasteiger partial charge in [0.05, 0.1) is 12.6 Å². The van der Waals surface area contributed by atoms with Crippen molar-refractivity contribution in [2.24, 2.45) is 5.73 Å². The summed E-state index contributed by atoms with van der Waals surface area (Å²) in [5.41, 5.74) is 7.10. The van der Waals surface area contributed by atoms with Crippen molar-refractivity contribution in [2.45, 2.75) is 19.9 Å². The zero-order valence-electron chi connectivity index (χ0n) is 11.5. The molecule has 0 aliphatic carbocycles. The molecule has 4 heteroatoms. The summed E-state index contributed by atoms with van der Waals surface area (Å²) in [6.07, 6.45) is 0. The third-order valence-electron chi connectivity index (χ3n) is 3.19. The Balaban J connectivity index is 2.46. The maximum atomic E-state index is 14.0. The van der Waals surface area contributed by atoms with Crippen molar-refractivity contribution in [1.82, 2.24) is 0 Å². The van der Waals surface area contributed by atoms with E-state index < -0.39 is 17.7 Å². The van der Waals surface area contributed by atoms with E-state index in [-0.39, 0.29) is 11.1 Å². The molecule has 0 aliphatic rings. The van der Waals surface area contributed by atoms with Crippen LogP contribution < -0.4 is 10.5 Å². The van der Waals surface area contributed by atoms with Gasteiger partial charge in [0, 0.05) is 11.1 Å². The third-order valence-corrected chi connectivity index (χ3v) is 3.19. The van der Waals surface area contributed by atoms with Gasteiger partial charge >= 0.3 is 0 Å². The predicted molar refractivity (Wildman–Crippen MR) is 74.7 cm³/mol. The van der Waals surface area contributed by atoms with Gasteiger partial charge in [0.2, 0.25) is 0 Å². The zero-order valence-corrected chi connectivity index (χ0v) is 11.5. The van der Waals surface area contributed by atoms with Crippen LogP contribution in [0.4, 0.5) is 8.78 Å². The molecule has 0 spiro atoms. The first-order valence-electron chi connectivity index (χ1n) is 6.48. The van der Waals surface area contributed by atoms with Gasteiger partial charge in [-0.2, -0.15) is 0 Å². The Bertz CT molecular complexity index is 613. The van der Waals surface area contributed by atoms with Gasteiger partial charge in [0.25, 0.3) is 0 Å². The summed E-state index contributed by atoms with van der Waals surface area (Å²) in [6, 6.07) is 9.40. The van der Waals surface area contributed by atoms with E-state index in [1.54, 1.807) is 18.2 Å². The van der Waals surface area contributed by atoms with Crippen molar-refractivity contribution in [3.63, 3.8) is 0 Å². The molecule has 0 fully saturated rings. The van der Waals surface area contributed by atoms with E-state index >= 15 is 0 Å². The summed E-state index contributed by atoms with van der Waals surface area (Å²) in [5.74, 6) is -1.17. The lowest BCUT2D eigenvalue weighted by atomic mass is 9.97. The molecule has 0 saturated carbocycles. The Hall–Kier alpha value is -1.94. The number of nitrogens with two attached hydrogens (primary N) is 1. The topological polar surface area (TPSA) is 35.2 Å². The first kappa shape index (κ1) is 14.5. The minimum absolute atomic E-state index is 0.125. The van der Waals surface area contributed by atoms with Gasteiger partial charge in [-0.1, -0.05) is 30.3 Å². The molecule has 2 N–H and O–H groups in total. The van der Waals surface area contributed by atoms with E-state index in [1.165, 1.54) is 19.1 Å². The van der Waals surface area contributed by atoms with E-state index in [4.69, 9.17) is 10.5 Å². The number of rotatable bonds is 4. The number of aryl methyl sites for hydroxylation is 1. The van der Waals surface area contributed by atoms with Crippen molar-refractivity contribution < 1.29 is 13.5 Å². The molecule has 2 nitrogen and oxygen atoms in total. The second-order valence-electron chi connectivity index (χ2n) is 4.55. The van der Waals surface area contributed by atoms with Crippen LogP contribution in [0.25, 0.3) is 0 Å². The molecule has 0 saturated heterocycles. The highest BCUT2D eigenvalue weighted by molar-refractivity contribution is 5.42. The van der Waals surface area contributed by atoms with Gasteiger partial charge in [0.15, 0.2) is 11.6 Å². The van der Waals surface area contributed by atoms with Crippen LogP contribution in [0.5, 0.6) is 5.75 Å². The van der Waals surface area contributed by atoms with Gasteiger partial charge in [-0.3, -0.25) is 0 Å². The molecule has 0 aliphatic heterocycles. The van der Waals surface area contributed by atoms with Gasteiger partial charge in [-0.05, 0) is 25.5 Å². The lowest BCUT2D eigenvalue weighted by Crippen LogP contribution is -2.16. The van der Waals surface area contributed by atoms with Crippen LogP contribution in [0.1, 0.15) is 29.7 Å². The molecule has 1 atom stereocenters. The summed E-state index contributed by atoms with van der Waals surface area (Å²) in [5, 5.41) is 0. The summed E-state index contributed by atoms with van der Waals surface area (Å²) in [7, 11) is 0. The molecule has 0 radical (unpaired) electrons. The highest BCUT2D eigenvalue weighted by atomic mass is 19.2. The van der Waals surface area contributed by atoms with E-state index in [9.17, 15) is 8.78 Å². The predicted octanol–water partition coefficient (Wildman–Crippen LogP) is 3.72. The summed E-state index contributed by atoms with van der Waals surface area (Å²) < 4.78 is 33.2. The molecule has 106 valence electrons. The molecule has 2 aromatic rings. The van der Waals surface area contributed by atoms with Gasteiger partial charge in [0.1, 0.15) is 5.75 Å². The first-order chi connectivity index (χ1) is 9.56. The molecule has 0 heterocycles. The van der Waals surface area contributed by atoms with Gasteiger partial charge in [-0.25, -0.2) is 8.78 Å². The van der Waals surface area contributed by atoms with Crippen molar-refractivity contribution in [3.8, 4) is 5.75 Å². The second-order valence-corrected chi connectivity index (χ2v) is 4.55. The Kier molecular flexibility index (Phi) is 4.35. The number of benzene rings is 2. The number of para-hydroxylation sites is 1. The average Bonchev–Trinajstić information content (AvgIpc) is 2.45. The van der Waals surface area contributed by atoms with E-state index in [2.05, 4.69) is 0 Å². The Morgan fingerprint density at radius 1 is 1.05 bits per heavy atom. The van der Waals surface area contributed by atoms with Crippen LogP contribution in [-0.2, 0) is 0 Å². The van der Waals surface area contributed by atoms with Crippen molar-refractivity contribution in [2.75, 3.05) is 6.61 Å².